The van der Waals surface area contributed by atoms with Crippen LogP contribution in [0.3, 0.4) is 0 Å². The van der Waals surface area contributed by atoms with Gasteiger partial charge in [-0.3, -0.25) is 0 Å². The Labute approximate surface area is 105 Å². The minimum absolute atomic E-state index is 0.532. The molecule has 0 saturated carbocycles. The second kappa shape index (κ2) is 5.09. The standard InChI is InChI=1S/C15H25NO/c1-11(2)13-8-7-12(3)14(9-13)16(6)10-15(4,5)17/h7-9,11,17H,10H2,1-6H3. The van der Waals surface area contributed by atoms with E-state index in [1.54, 1.807) is 0 Å². The Bertz CT molecular complexity index is 377. The number of aliphatic hydroxyl groups is 1. The van der Waals surface area contributed by atoms with Gasteiger partial charge in [-0.25, -0.2) is 0 Å². The third kappa shape index (κ3) is 4.04. The van der Waals surface area contributed by atoms with E-state index in [-0.39, 0.29) is 0 Å². The summed E-state index contributed by atoms with van der Waals surface area (Å²) in [6.07, 6.45) is 0. The third-order valence-electron chi connectivity index (χ3n) is 2.94. The number of hydrogen-bond acceptors (Lipinski definition) is 2. The molecule has 0 radical (unpaired) electrons. The molecule has 1 aromatic carbocycles. The molecule has 0 aliphatic carbocycles. The summed E-state index contributed by atoms with van der Waals surface area (Å²) in [6.45, 7) is 10.8. The van der Waals surface area contributed by atoms with E-state index in [0.29, 0.717) is 12.5 Å². The van der Waals surface area contributed by atoms with Gasteiger partial charge in [-0.1, -0.05) is 26.0 Å². The van der Waals surface area contributed by atoms with E-state index in [2.05, 4.69) is 43.9 Å². The zero-order chi connectivity index (χ0) is 13.2. The number of anilines is 1. The van der Waals surface area contributed by atoms with Gasteiger partial charge in [-0.2, -0.15) is 0 Å². The zero-order valence-electron chi connectivity index (χ0n) is 11.9. The largest absolute Gasteiger partial charge is 0.389 e. The van der Waals surface area contributed by atoms with E-state index >= 15 is 0 Å². The van der Waals surface area contributed by atoms with Gasteiger partial charge in [0.25, 0.3) is 0 Å². The molecule has 2 nitrogen and oxygen atoms in total. The fourth-order valence-electron chi connectivity index (χ4n) is 2.06. The van der Waals surface area contributed by atoms with Crippen LogP contribution in [0, 0.1) is 6.92 Å². The molecule has 96 valence electrons. The minimum atomic E-state index is -0.672. The highest BCUT2D eigenvalue weighted by Crippen LogP contribution is 2.25. The Morgan fingerprint density at radius 1 is 1.29 bits per heavy atom. The van der Waals surface area contributed by atoms with Crippen molar-refractivity contribution in [1.82, 2.24) is 0 Å². The molecule has 0 atom stereocenters. The average molecular weight is 235 g/mol. The molecule has 1 aromatic rings. The van der Waals surface area contributed by atoms with Gasteiger partial charge in [0, 0.05) is 19.3 Å². The Hall–Kier alpha value is -1.02. The summed E-state index contributed by atoms with van der Waals surface area (Å²) in [5.41, 5.74) is 3.13. The van der Waals surface area contributed by atoms with Gasteiger partial charge in [0.15, 0.2) is 0 Å². The fourth-order valence-corrected chi connectivity index (χ4v) is 2.06. The van der Waals surface area contributed by atoms with Crippen LogP contribution < -0.4 is 4.90 Å². The maximum Gasteiger partial charge on any atom is 0.0765 e. The molecule has 0 fully saturated rings. The fraction of sp³-hybridized carbons (Fsp3) is 0.600. The van der Waals surface area contributed by atoms with Crippen LogP contribution in [0.1, 0.15) is 44.7 Å². The molecule has 0 heterocycles. The lowest BCUT2D eigenvalue weighted by molar-refractivity contribution is 0.0886. The SMILES string of the molecule is Cc1ccc(C(C)C)cc1N(C)CC(C)(C)O. The van der Waals surface area contributed by atoms with Crippen LogP contribution >= 0.6 is 0 Å². The van der Waals surface area contributed by atoms with Crippen LogP contribution in [0.4, 0.5) is 5.69 Å². The highest BCUT2D eigenvalue weighted by atomic mass is 16.3. The lowest BCUT2D eigenvalue weighted by atomic mass is 9.99. The number of rotatable bonds is 4. The van der Waals surface area contributed by atoms with Crippen molar-refractivity contribution in [1.29, 1.82) is 0 Å². The van der Waals surface area contributed by atoms with E-state index in [0.717, 1.165) is 0 Å². The Balaban J connectivity index is 2.99. The Morgan fingerprint density at radius 3 is 2.35 bits per heavy atom. The molecule has 0 spiro atoms. The second-order valence-electron chi connectivity index (χ2n) is 5.87. The highest BCUT2D eigenvalue weighted by molar-refractivity contribution is 5.55. The predicted molar refractivity (Wildman–Crippen MR) is 74.8 cm³/mol. The van der Waals surface area contributed by atoms with Crippen molar-refractivity contribution in [2.75, 3.05) is 18.5 Å². The predicted octanol–water partition coefficient (Wildman–Crippen LogP) is 3.33. The van der Waals surface area contributed by atoms with Gasteiger partial charge >= 0.3 is 0 Å². The summed E-state index contributed by atoms with van der Waals surface area (Å²) in [7, 11) is 2.03. The molecule has 1 N–H and O–H groups in total. The molecular weight excluding hydrogens is 210 g/mol. The number of aryl methyl sites for hydroxylation is 1. The molecule has 0 aliphatic heterocycles. The molecule has 0 saturated heterocycles. The summed E-state index contributed by atoms with van der Waals surface area (Å²) >= 11 is 0. The first-order chi connectivity index (χ1) is 7.70. The summed E-state index contributed by atoms with van der Waals surface area (Å²) in [5, 5.41) is 9.88. The molecule has 2 heteroatoms. The topological polar surface area (TPSA) is 23.5 Å². The maximum absolute atomic E-state index is 9.88. The van der Waals surface area contributed by atoms with Crippen molar-refractivity contribution in [2.45, 2.75) is 46.1 Å². The minimum Gasteiger partial charge on any atom is -0.389 e. The smallest absolute Gasteiger partial charge is 0.0765 e. The number of likely N-dealkylation sites (N-methyl/N-ethyl adjacent to an activating group) is 1. The van der Waals surface area contributed by atoms with Gasteiger partial charge in [-0.05, 0) is 43.9 Å². The van der Waals surface area contributed by atoms with Gasteiger partial charge in [0.2, 0.25) is 0 Å². The van der Waals surface area contributed by atoms with Crippen molar-refractivity contribution in [3.05, 3.63) is 29.3 Å². The third-order valence-corrected chi connectivity index (χ3v) is 2.94. The van der Waals surface area contributed by atoms with Gasteiger partial charge in [-0.15, -0.1) is 0 Å². The van der Waals surface area contributed by atoms with E-state index in [4.69, 9.17) is 0 Å². The summed E-state index contributed by atoms with van der Waals surface area (Å²) in [4.78, 5) is 2.13. The van der Waals surface area contributed by atoms with Crippen molar-refractivity contribution < 1.29 is 5.11 Å². The van der Waals surface area contributed by atoms with Crippen LogP contribution in [0.15, 0.2) is 18.2 Å². The van der Waals surface area contributed by atoms with Gasteiger partial charge < -0.3 is 10.0 Å². The first-order valence-corrected chi connectivity index (χ1v) is 6.25. The molecule has 17 heavy (non-hydrogen) atoms. The van der Waals surface area contributed by atoms with Gasteiger partial charge in [0.05, 0.1) is 5.60 Å². The quantitative estimate of drug-likeness (QED) is 0.865. The molecule has 0 bridgehead atoms. The lowest BCUT2D eigenvalue weighted by Gasteiger charge is -2.29. The average Bonchev–Trinajstić information content (AvgIpc) is 2.14. The van der Waals surface area contributed by atoms with E-state index < -0.39 is 5.60 Å². The van der Waals surface area contributed by atoms with Crippen molar-refractivity contribution in [3.8, 4) is 0 Å². The van der Waals surface area contributed by atoms with Crippen molar-refractivity contribution in [3.63, 3.8) is 0 Å². The summed E-state index contributed by atoms with van der Waals surface area (Å²) in [6, 6.07) is 6.57. The molecule has 0 unspecified atom stereocenters. The van der Waals surface area contributed by atoms with E-state index in [9.17, 15) is 5.11 Å². The molecule has 0 amide bonds. The molecule has 1 rings (SSSR count). The number of nitrogens with zero attached hydrogens (tertiary/aromatic N) is 1. The van der Waals surface area contributed by atoms with Crippen LogP contribution in [0.25, 0.3) is 0 Å². The zero-order valence-corrected chi connectivity index (χ0v) is 11.9. The highest BCUT2D eigenvalue weighted by Gasteiger charge is 2.17. The number of hydrogen-bond donors (Lipinski definition) is 1. The first-order valence-electron chi connectivity index (χ1n) is 6.25. The van der Waals surface area contributed by atoms with E-state index in [1.165, 1.54) is 16.8 Å². The summed E-state index contributed by atoms with van der Waals surface area (Å²) in [5.74, 6) is 0.532. The van der Waals surface area contributed by atoms with Crippen molar-refractivity contribution >= 4 is 5.69 Å². The Kier molecular flexibility index (Phi) is 4.21. The first kappa shape index (κ1) is 14.0. The van der Waals surface area contributed by atoms with Crippen LogP contribution in [0.2, 0.25) is 0 Å². The van der Waals surface area contributed by atoms with Gasteiger partial charge in [0.1, 0.15) is 0 Å². The Morgan fingerprint density at radius 2 is 1.88 bits per heavy atom. The normalized spacial score (nSPS) is 12.0. The van der Waals surface area contributed by atoms with Crippen molar-refractivity contribution in [2.24, 2.45) is 0 Å². The molecule has 0 aliphatic rings. The lowest BCUT2D eigenvalue weighted by Crippen LogP contribution is -2.36. The monoisotopic (exact) mass is 235 g/mol. The van der Waals surface area contributed by atoms with Crippen LogP contribution in [-0.2, 0) is 0 Å². The summed E-state index contributed by atoms with van der Waals surface area (Å²) < 4.78 is 0. The van der Waals surface area contributed by atoms with E-state index in [1.807, 2.05) is 20.9 Å². The second-order valence-corrected chi connectivity index (χ2v) is 5.87. The van der Waals surface area contributed by atoms with Crippen LogP contribution in [-0.4, -0.2) is 24.3 Å². The number of benzene rings is 1. The maximum atomic E-state index is 9.88. The van der Waals surface area contributed by atoms with Crippen LogP contribution in [0.5, 0.6) is 0 Å². The molecular formula is C15H25NO. The molecule has 0 aromatic heterocycles.